The highest BCUT2D eigenvalue weighted by Crippen LogP contribution is 2.46. The summed E-state index contributed by atoms with van der Waals surface area (Å²) >= 11 is 0. The summed E-state index contributed by atoms with van der Waals surface area (Å²) in [6.45, 7) is 0. The van der Waals surface area contributed by atoms with Crippen LogP contribution < -0.4 is 5.32 Å². The third kappa shape index (κ3) is 1.48. The number of carbonyl (C=O) groups excluding carboxylic acids is 1. The van der Waals surface area contributed by atoms with E-state index in [0.29, 0.717) is 12.8 Å². The fraction of sp³-hybridized carbons (Fsp3) is 0.286. The molecule has 4 nitrogen and oxygen atoms in total. The Kier molecular flexibility index (Phi) is 2.17. The van der Waals surface area contributed by atoms with Crippen molar-refractivity contribution in [2.24, 2.45) is 12.5 Å². The number of para-hydroxylation sites is 1. The average Bonchev–Trinajstić information content (AvgIpc) is 3.13. The predicted octanol–water partition coefficient (Wildman–Crippen LogP) is 2.42. The summed E-state index contributed by atoms with van der Waals surface area (Å²) in [6, 6.07) is 9.98. The Hall–Kier alpha value is -2.28. The number of benzene rings is 1. The summed E-state index contributed by atoms with van der Waals surface area (Å²) in [5, 5.41) is 12.9. The summed E-state index contributed by atoms with van der Waals surface area (Å²) < 4.78 is 1.97. The summed E-state index contributed by atoms with van der Waals surface area (Å²) in [7, 11) is 1.94. The first-order valence-corrected chi connectivity index (χ1v) is 5.93. The summed E-state index contributed by atoms with van der Waals surface area (Å²) in [6.07, 6.45) is 3.22. The zero-order chi connectivity index (χ0) is 12.8. The first-order chi connectivity index (χ1) is 8.66. The standard InChI is InChI=1S/C14H13N3O/c1-17-8-11(10-4-2-3-5-12(10)17)16-13(18)14(9-15)6-7-14/h2-5,8H,6-7H2,1H3,(H,16,18). The fourth-order valence-corrected chi connectivity index (χ4v) is 2.20. The van der Waals surface area contributed by atoms with Gasteiger partial charge in [-0.1, -0.05) is 18.2 Å². The van der Waals surface area contributed by atoms with Crippen molar-refractivity contribution in [1.82, 2.24) is 4.57 Å². The molecule has 0 aliphatic heterocycles. The molecule has 90 valence electrons. The molecule has 1 aliphatic carbocycles. The number of anilines is 1. The van der Waals surface area contributed by atoms with Crippen molar-refractivity contribution in [2.75, 3.05) is 5.32 Å². The highest BCUT2D eigenvalue weighted by atomic mass is 16.2. The van der Waals surface area contributed by atoms with Crippen LogP contribution in [0.4, 0.5) is 5.69 Å². The lowest BCUT2D eigenvalue weighted by atomic mass is 10.1. The molecule has 1 N–H and O–H groups in total. The van der Waals surface area contributed by atoms with Crippen molar-refractivity contribution in [3.63, 3.8) is 0 Å². The van der Waals surface area contributed by atoms with E-state index >= 15 is 0 Å². The minimum Gasteiger partial charge on any atom is -0.348 e. The third-order valence-electron chi connectivity index (χ3n) is 3.54. The zero-order valence-electron chi connectivity index (χ0n) is 10.1. The molecule has 3 rings (SSSR count). The van der Waals surface area contributed by atoms with Crippen LogP contribution in [0, 0.1) is 16.7 Å². The van der Waals surface area contributed by atoms with Crippen LogP contribution in [0.25, 0.3) is 10.9 Å². The SMILES string of the molecule is Cn1cc(NC(=O)C2(C#N)CC2)c2ccccc21. The molecule has 4 heteroatoms. The van der Waals surface area contributed by atoms with Gasteiger partial charge < -0.3 is 9.88 Å². The predicted molar refractivity (Wildman–Crippen MR) is 68.8 cm³/mol. The lowest BCUT2D eigenvalue weighted by Gasteiger charge is -2.06. The topological polar surface area (TPSA) is 57.8 Å². The van der Waals surface area contributed by atoms with E-state index in [9.17, 15) is 4.79 Å². The van der Waals surface area contributed by atoms with Gasteiger partial charge in [0.05, 0.1) is 11.8 Å². The number of hydrogen-bond donors (Lipinski definition) is 1. The number of rotatable bonds is 2. The van der Waals surface area contributed by atoms with Gasteiger partial charge in [0.2, 0.25) is 5.91 Å². The van der Waals surface area contributed by atoms with Gasteiger partial charge >= 0.3 is 0 Å². The van der Waals surface area contributed by atoms with E-state index in [1.54, 1.807) is 0 Å². The van der Waals surface area contributed by atoms with Crippen molar-refractivity contribution in [3.05, 3.63) is 30.5 Å². The van der Waals surface area contributed by atoms with Crippen molar-refractivity contribution in [1.29, 1.82) is 5.26 Å². The second-order valence-corrected chi connectivity index (χ2v) is 4.82. The Labute approximate surface area is 105 Å². The number of hydrogen-bond acceptors (Lipinski definition) is 2. The number of fused-ring (bicyclic) bond motifs is 1. The molecule has 2 aromatic rings. The highest BCUT2D eigenvalue weighted by molar-refractivity contribution is 6.05. The Morgan fingerprint density at radius 2 is 2.17 bits per heavy atom. The monoisotopic (exact) mass is 239 g/mol. The number of aromatic nitrogens is 1. The molecular formula is C14H13N3O. The number of aryl methyl sites for hydroxylation is 1. The molecular weight excluding hydrogens is 226 g/mol. The van der Waals surface area contributed by atoms with Crippen LogP contribution in [0.15, 0.2) is 30.5 Å². The van der Waals surface area contributed by atoms with Gasteiger partial charge in [0.15, 0.2) is 0 Å². The molecule has 1 aromatic heterocycles. The van der Waals surface area contributed by atoms with Gasteiger partial charge in [-0.15, -0.1) is 0 Å². The second-order valence-electron chi connectivity index (χ2n) is 4.82. The number of carbonyl (C=O) groups is 1. The van der Waals surface area contributed by atoms with Gasteiger partial charge in [0.25, 0.3) is 0 Å². The van der Waals surface area contributed by atoms with Crippen molar-refractivity contribution >= 4 is 22.5 Å². The van der Waals surface area contributed by atoms with E-state index in [0.717, 1.165) is 16.6 Å². The minimum atomic E-state index is -0.781. The molecule has 0 saturated heterocycles. The van der Waals surface area contributed by atoms with Crippen LogP contribution in [0.3, 0.4) is 0 Å². The summed E-state index contributed by atoms with van der Waals surface area (Å²) in [5.74, 6) is -0.179. The van der Waals surface area contributed by atoms with Gasteiger partial charge in [0, 0.05) is 24.1 Å². The van der Waals surface area contributed by atoms with Crippen LogP contribution in [0.2, 0.25) is 0 Å². The molecule has 0 radical (unpaired) electrons. The smallest absolute Gasteiger partial charge is 0.244 e. The molecule has 1 fully saturated rings. The lowest BCUT2D eigenvalue weighted by molar-refractivity contribution is -0.119. The van der Waals surface area contributed by atoms with Crippen LogP contribution >= 0.6 is 0 Å². The molecule has 0 atom stereocenters. The van der Waals surface area contributed by atoms with Gasteiger partial charge in [-0.05, 0) is 18.9 Å². The normalized spacial score (nSPS) is 16.2. The molecule has 18 heavy (non-hydrogen) atoms. The van der Waals surface area contributed by atoms with E-state index in [-0.39, 0.29) is 5.91 Å². The maximum absolute atomic E-state index is 12.0. The van der Waals surface area contributed by atoms with Gasteiger partial charge in [-0.25, -0.2) is 0 Å². The lowest BCUT2D eigenvalue weighted by Crippen LogP contribution is -2.22. The molecule has 1 aliphatic rings. The number of amides is 1. The first-order valence-electron chi connectivity index (χ1n) is 5.93. The Morgan fingerprint density at radius 3 is 2.83 bits per heavy atom. The van der Waals surface area contributed by atoms with Crippen LogP contribution in [0.5, 0.6) is 0 Å². The molecule has 1 heterocycles. The Balaban J connectivity index is 1.97. The Morgan fingerprint density at radius 1 is 1.44 bits per heavy atom. The van der Waals surface area contributed by atoms with Gasteiger partial charge in [-0.3, -0.25) is 4.79 Å². The fourth-order valence-electron chi connectivity index (χ4n) is 2.20. The van der Waals surface area contributed by atoms with Gasteiger partial charge in [0.1, 0.15) is 5.41 Å². The van der Waals surface area contributed by atoms with Crippen molar-refractivity contribution < 1.29 is 4.79 Å². The van der Waals surface area contributed by atoms with Crippen molar-refractivity contribution in [2.45, 2.75) is 12.8 Å². The number of nitrogens with zero attached hydrogens (tertiary/aromatic N) is 2. The van der Waals surface area contributed by atoms with Crippen LogP contribution in [-0.4, -0.2) is 10.5 Å². The molecule has 1 amide bonds. The van der Waals surface area contributed by atoms with Crippen LogP contribution in [-0.2, 0) is 11.8 Å². The maximum Gasteiger partial charge on any atom is 0.244 e. The molecule has 0 spiro atoms. The highest BCUT2D eigenvalue weighted by Gasteiger charge is 2.50. The van der Waals surface area contributed by atoms with Crippen molar-refractivity contribution in [3.8, 4) is 6.07 Å². The van der Waals surface area contributed by atoms with E-state index < -0.39 is 5.41 Å². The van der Waals surface area contributed by atoms with E-state index in [1.165, 1.54) is 0 Å². The number of nitriles is 1. The molecule has 1 aromatic carbocycles. The minimum absolute atomic E-state index is 0.179. The average molecular weight is 239 g/mol. The second kappa shape index (κ2) is 3.61. The number of nitrogens with one attached hydrogen (secondary N) is 1. The quantitative estimate of drug-likeness (QED) is 0.874. The third-order valence-corrected chi connectivity index (χ3v) is 3.54. The largest absolute Gasteiger partial charge is 0.348 e. The van der Waals surface area contributed by atoms with Gasteiger partial charge in [-0.2, -0.15) is 5.26 Å². The zero-order valence-corrected chi connectivity index (χ0v) is 10.1. The Bertz CT molecular complexity index is 674. The maximum atomic E-state index is 12.0. The first kappa shape index (κ1) is 10.8. The van der Waals surface area contributed by atoms with E-state index in [2.05, 4.69) is 11.4 Å². The van der Waals surface area contributed by atoms with E-state index in [4.69, 9.17) is 5.26 Å². The molecule has 1 saturated carbocycles. The summed E-state index contributed by atoms with van der Waals surface area (Å²) in [5.41, 5.74) is 1.06. The van der Waals surface area contributed by atoms with E-state index in [1.807, 2.05) is 42.1 Å². The molecule has 0 bridgehead atoms. The molecule has 0 unspecified atom stereocenters. The van der Waals surface area contributed by atoms with Crippen LogP contribution in [0.1, 0.15) is 12.8 Å². The summed E-state index contributed by atoms with van der Waals surface area (Å²) in [4.78, 5) is 12.0.